The quantitative estimate of drug-likeness (QED) is 0.785. The van der Waals surface area contributed by atoms with Crippen LogP contribution in [0.4, 0.5) is 0 Å². The van der Waals surface area contributed by atoms with E-state index < -0.39 is 0 Å². The van der Waals surface area contributed by atoms with Crippen LogP contribution in [0.25, 0.3) is 10.4 Å². The summed E-state index contributed by atoms with van der Waals surface area (Å²) in [6, 6.07) is 8.13. The van der Waals surface area contributed by atoms with Crippen LogP contribution in [-0.2, 0) is 11.3 Å². The van der Waals surface area contributed by atoms with Crippen molar-refractivity contribution in [3.63, 3.8) is 0 Å². The summed E-state index contributed by atoms with van der Waals surface area (Å²) < 4.78 is 2.00. The van der Waals surface area contributed by atoms with Crippen LogP contribution in [-0.4, -0.2) is 28.5 Å². The van der Waals surface area contributed by atoms with Gasteiger partial charge in [-0.2, -0.15) is 0 Å². The molecule has 1 amide bonds. The Morgan fingerprint density at radius 2 is 1.89 bits per heavy atom. The fraction of sp³-hybridized carbons (Fsp3) is 0.545. The standard InChI is InChI=1S/C22H26N2O2S/c25-21(16-5-2-1-3-6-16)23-12-15-11-17(14-23)19-9-8-18(20-7-4-10-27-20)22(26)24(19)13-15/h4,7-10,15-17H,1-3,5-6,11-14H2/t15-,17+/m0/s1. The highest BCUT2D eigenvalue weighted by Gasteiger charge is 2.38. The number of hydrogen-bond donors (Lipinski definition) is 0. The van der Waals surface area contributed by atoms with E-state index in [0.717, 1.165) is 55.0 Å². The minimum Gasteiger partial charge on any atom is -0.341 e. The minimum atomic E-state index is 0.136. The third-order valence-corrected chi connectivity index (χ3v) is 7.56. The van der Waals surface area contributed by atoms with E-state index >= 15 is 0 Å². The van der Waals surface area contributed by atoms with Gasteiger partial charge in [0.15, 0.2) is 0 Å². The molecule has 1 aliphatic carbocycles. The normalized spacial score (nSPS) is 25.3. The zero-order valence-corrected chi connectivity index (χ0v) is 16.4. The highest BCUT2D eigenvalue weighted by molar-refractivity contribution is 7.13. The Morgan fingerprint density at radius 1 is 1.04 bits per heavy atom. The average molecular weight is 383 g/mol. The number of carbonyl (C=O) groups is 1. The van der Waals surface area contributed by atoms with E-state index in [1.807, 2.05) is 28.1 Å². The Balaban J connectivity index is 1.42. The van der Waals surface area contributed by atoms with Crippen molar-refractivity contribution in [2.45, 2.75) is 51.0 Å². The Labute approximate surface area is 163 Å². The number of rotatable bonds is 2. The molecule has 2 bridgehead atoms. The van der Waals surface area contributed by atoms with Gasteiger partial charge in [-0.3, -0.25) is 9.59 Å². The number of thiophene rings is 1. The van der Waals surface area contributed by atoms with Gasteiger partial charge in [0.25, 0.3) is 5.56 Å². The largest absolute Gasteiger partial charge is 0.341 e. The lowest BCUT2D eigenvalue weighted by molar-refractivity contribution is -0.139. The van der Waals surface area contributed by atoms with Crippen LogP contribution in [0.5, 0.6) is 0 Å². The summed E-state index contributed by atoms with van der Waals surface area (Å²) >= 11 is 1.62. The van der Waals surface area contributed by atoms with Gasteiger partial charge in [-0.05, 0) is 48.8 Å². The van der Waals surface area contributed by atoms with E-state index in [1.165, 1.54) is 19.3 Å². The maximum Gasteiger partial charge on any atom is 0.259 e. The lowest BCUT2D eigenvalue weighted by Crippen LogP contribution is -2.50. The molecule has 0 radical (unpaired) electrons. The molecule has 27 heavy (non-hydrogen) atoms. The molecule has 0 aromatic carbocycles. The second-order valence-electron chi connectivity index (χ2n) is 8.44. The molecule has 2 aromatic rings. The molecule has 2 aromatic heterocycles. The Kier molecular flexibility index (Phi) is 4.43. The summed E-state index contributed by atoms with van der Waals surface area (Å²) in [5, 5.41) is 2.02. The first kappa shape index (κ1) is 17.2. The van der Waals surface area contributed by atoms with Crippen molar-refractivity contribution in [1.29, 1.82) is 0 Å². The summed E-state index contributed by atoms with van der Waals surface area (Å²) in [7, 11) is 0. The van der Waals surface area contributed by atoms with Crippen molar-refractivity contribution in [2.75, 3.05) is 13.1 Å². The summed E-state index contributed by atoms with van der Waals surface area (Å²) in [5.74, 6) is 1.31. The number of pyridine rings is 1. The van der Waals surface area contributed by atoms with E-state index in [9.17, 15) is 9.59 Å². The first-order valence-electron chi connectivity index (χ1n) is 10.3. The van der Waals surface area contributed by atoms with Crippen LogP contribution in [0, 0.1) is 11.8 Å². The summed E-state index contributed by atoms with van der Waals surface area (Å²) in [6.07, 6.45) is 6.89. The van der Waals surface area contributed by atoms with E-state index in [1.54, 1.807) is 11.3 Å². The van der Waals surface area contributed by atoms with Crippen LogP contribution in [0.1, 0.15) is 50.1 Å². The lowest BCUT2D eigenvalue weighted by Gasteiger charge is -2.44. The number of likely N-dealkylation sites (tertiary alicyclic amines) is 1. The molecule has 0 unspecified atom stereocenters. The van der Waals surface area contributed by atoms with Crippen LogP contribution in [0.2, 0.25) is 0 Å². The van der Waals surface area contributed by atoms with E-state index in [2.05, 4.69) is 11.0 Å². The monoisotopic (exact) mass is 382 g/mol. The molecule has 0 N–H and O–H groups in total. The van der Waals surface area contributed by atoms with Gasteiger partial charge in [0.2, 0.25) is 5.91 Å². The van der Waals surface area contributed by atoms with Gasteiger partial charge >= 0.3 is 0 Å². The highest BCUT2D eigenvalue weighted by atomic mass is 32.1. The zero-order valence-electron chi connectivity index (χ0n) is 15.6. The molecule has 2 fully saturated rings. The molecular weight excluding hydrogens is 356 g/mol. The average Bonchev–Trinajstić information content (AvgIpc) is 3.23. The molecule has 2 aliphatic heterocycles. The third-order valence-electron chi connectivity index (χ3n) is 6.66. The number of amides is 1. The van der Waals surface area contributed by atoms with Gasteiger partial charge < -0.3 is 9.47 Å². The predicted octanol–water partition coefficient (Wildman–Crippen LogP) is 4.10. The molecule has 0 spiro atoms. The SMILES string of the molecule is O=C(C1CCCCC1)N1C[C@@H]2C[C@H](C1)c1ccc(-c3cccs3)c(=O)n1C2. The maximum atomic E-state index is 13.1. The van der Waals surface area contributed by atoms with Crippen molar-refractivity contribution < 1.29 is 4.79 Å². The van der Waals surface area contributed by atoms with Gasteiger partial charge in [-0.1, -0.05) is 25.3 Å². The molecule has 4 heterocycles. The number of fused-ring (bicyclic) bond motifs is 4. The Hall–Kier alpha value is -1.88. The van der Waals surface area contributed by atoms with Gasteiger partial charge in [-0.15, -0.1) is 11.3 Å². The van der Waals surface area contributed by atoms with E-state index in [4.69, 9.17) is 0 Å². The number of aromatic nitrogens is 1. The van der Waals surface area contributed by atoms with Gasteiger partial charge in [0.05, 0.1) is 5.56 Å². The molecule has 5 rings (SSSR count). The summed E-state index contributed by atoms with van der Waals surface area (Å²) in [5.41, 5.74) is 2.07. The lowest BCUT2D eigenvalue weighted by atomic mass is 9.81. The zero-order chi connectivity index (χ0) is 18.4. The molecule has 1 saturated carbocycles. The molecular formula is C22H26N2O2S. The Bertz CT molecular complexity index is 896. The fourth-order valence-electron chi connectivity index (χ4n) is 5.35. The van der Waals surface area contributed by atoms with Crippen molar-refractivity contribution in [2.24, 2.45) is 11.8 Å². The van der Waals surface area contributed by atoms with Crippen molar-refractivity contribution in [3.05, 3.63) is 45.7 Å². The molecule has 5 heteroatoms. The number of carbonyl (C=O) groups excluding carboxylic acids is 1. The molecule has 3 aliphatic rings. The number of hydrogen-bond acceptors (Lipinski definition) is 3. The van der Waals surface area contributed by atoms with Crippen LogP contribution >= 0.6 is 11.3 Å². The van der Waals surface area contributed by atoms with Gasteiger partial charge in [-0.25, -0.2) is 0 Å². The molecule has 4 nitrogen and oxygen atoms in total. The van der Waals surface area contributed by atoms with E-state index in [-0.39, 0.29) is 11.5 Å². The van der Waals surface area contributed by atoms with Crippen molar-refractivity contribution >= 4 is 17.2 Å². The maximum absolute atomic E-state index is 13.1. The molecule has 2 atom stereocenters. The highest BCUT2D eigenvalue weighted by Crippen LogP contribution is 2.37. The summed E-state index contributed by atoms with van der Waals surface area (Å²) in [6.45, 7) is 2.35. The predicted molar refractivity (Wildman–Crippen MR) is 108 cm³/mol. The molecule has 1 saturated heterocycles. The third kappa shape index (κ3) is 3.06. The molecule has 142 valence electrons. The van der Waals surface area contributed by atoms with Crippen molar-refractivity contribution in [1.82, 2.24) is 9.47 Å². The second kappa shape index (κ2) is 6.93. The summed E-state index contributed by atoms with van der Waals surface area (Å²) in [4.78, 5) is 29.3. The van der Waals surface area contributed by atoms with Gasteiger partial charge in [0.1, 0.15) is 0 Å². The number of piperidine rings is 1. The smallest absolute Gasteiger partial charge is 0.259 e. The second-order valence-corrected chi connectivity index (χ2v) is 9.39. The first-order chi connectivity index (χ1) is 13.2. The van der Waals surface area contributed by atoms with Crippen LogP contribution in [0.3, 0.4) is 0 Å². The van der Waals surface area contributed by atoms with E-state index in [0.29, 0.717) is 17.7 Å². The Morgan fingerprint density at radius 3 is 2.67 bits per heavy atom. The number of nitrogens with zero attached hydrogens (tertiary/aromatic N) is 2. The fourth-order valence-corrected chi connectivity index (χ4v) is 6.10. The topological polar surface area (TPSA) is 42.3 Å². The first-order valence-corrected chi connectivity index (χ1v) is 11.1. The van der Waals surface area contributed by atoms with Crippen LogP contribution < -0.4 is 5.56 Å². The van der Waals surface area contributed by atoms with Crippen molar-refractivity contribution in [3.8, 4) is 10.4 Å². The van der Waals surface area contributed by atoms with Gasteiger partial charge in [0, 0.05) is 42.0 Å². The van der Waals surface area contributed by atoms with Crippen LogP contribution in [0.15, 0.2) is 34.4 Å². The minimum absolute atomic E-state index is 0.136.